The number of hydrogen-bond donors (Lipinski definition) is 1. The number of ether oxygens (including phenoxy) is 2. The van der Waals surface area contributed by atoms with E-state index in [-0.39, 0.29) is 36.6 Å². The quantitative estimate of drug-likeness (QED) is 0.273. The standard InChI is InChI=1S/C28H35N5O5S2/c1-19-17-25(33(31-19)27-29-23-12-9-21(28(2,3)4)18-24(23)39-27)30-26(34)20-7-10-22(11-8-20)40(35,36)32(13-15-37-5)14-16-38-6/h7-12,17-18H,13-16H2,1-6H3,(H,30,34). The van der Waals surface area contributed by atoms with E-state index in [2.05, 4.69) is 43.3 Å². The average Bonchev–Trinajstić information content (AvgIpc) is 3.50. The number of carbonyl (C=O) groups is 1. The predicted octanol–water partition coefficient (Wildman–Crippen LogP) is 4.62. The number of carbonyl (C=O) groups excluding carboxylic acids is 1. The summed E-state index contributed by atoms with van der Waals surface area (Å²) in [7, 11) is -0.760. The number of aryl methyl sites for hydroxylation is 1. The Morgan fingerprint density at radius 1 is 1.02 bits per heavy atom. The molecule has 2 heterocycles. The Morgan fingerprint density at radius 3 is 2.27 bits per heavy atom. The van der Waals surface area contributed by atoms with Gasteiger partial charge < -0.3 is 14.8 Å². The number of hydrogen-bond acceptors (Lipinski definition) is 8. The molecule has 0 atom stereocenters. The molecule has 10 nitrogen and oxygen atoms in total. The number of aromatic nitrogens is 3. The van der Waals surface area contributed by atoms with E-state index in [1.165, 1.54) is 59.7 Å². The fourth-order valence-electron chi connectivity index (χ4n) is 4.06. The topological polar surface area (TPSA) is 116 Å². The molecule has 40 heavy (non-hydrogen) atoms. The van der Waals surface area contributed by atoms with Crippen LogP contribution in [0.5, 0.6) is 0 Å². The van der Waals surface area contributed by atoms with E-state index in [1.807, 2.05) is 13.0 Å². The van der Waals surface area contributed by atoms with Crippen LogP contribution in [0.1, 0.15) is 42.4 Å². The molecule has 0 fully saturated rings. The van der Waals surface area contributed by atoms with Crippen molar-refractivity contribution in [2.75, 3.05) is 45.8 Å². The van der Waals surface area contributed by atoms with Crippen molar-refractivity contribution in [3.8, 4) is 5.13 Å². The van der Waals surface area contributed by atoms with Crippen LogP contribution in [0.25, 0.3) is 15.3 Å². The van der Waals surface area contributed by atoms with Crippen LogP contribution in [-0.2, 0) is 24.9 Å². The van der Waals surface area contributed by atoms with E-state index in [1.54, 1.807) is 10.7 Å². The first kappa shape index (κ1) is 29.8. The first-order valence-corrected chi connectivity index (χ1v) is 15.1. The summed E-state index contributed by atoms with van der Waals surface area (Å²) in [5.74, 6) is 0.0801. The normalized spacial score (nSPS) is 12.4. The molecule has 0 aliphatic heterocycles. The van der Waals surface area contributed by atoms with Gasteiger partial charge in [-0.1, -0.05) is 38.2 Å². The van der Waals surface area contributed by atoms with Gasteiger partial charge >= 0.3 is 0 Å². The van der Waals surface area contributed by atoms with Crippen molar-refractivity contribution in [3.63, 3.8) is 0 Å². The van der Waals surface area contributed by atoms with Crippen LogP contribution in [0.15, 0.2) is 53.4 Å². The lowest BCUT2D eigenvalue weighted by atomic mass is 9.87. The van der Waals surface area contributed by atoms with E-state index in [0.29, 0.717) is 16.5 Å². The lowest BCUT2D eigenvalue weighted by Crippen LogP contribution is -2.36. The highest BCUT2D eigenvalue weighted by Crippen LogP contribution is 2.32. The third-order valence-corrected chi connectivity index (χ3v) is 9.25. The summed E-state index contributed by atoms with van der Waals surface area (Å²) in [5, 5.41) is 8.09. The van der Waals surface area contributed by atoms with Gasteiger partial charge in [0.2, 0.25) is 15.2 Å². The molecule has 4 aromatic rings. The molecule has 0 saturated heterocycles. The maximum atomic E-state index is 13.2. The Morgan fingerprint density at radius 2 is 1.68 bits per heavy atom. The Hall–Kier alpha value is -3.16. The Balaban J connectivity index is 1.55. The van der Waals surface area contributed by atoms with Gasteiger partial charge in [0.25, 0.3) is 5.91 Å². The highest BCUT2D eigenvalue weighted by Gasteiger charge is 2.25. The number of fused-ring (bicyclic) bond motifs is 1. The van der Waals surface area contributed by atoms with Crippen LogP contribution in [-0.4, -0.2) is 73.9 Å². The minimum atomic E-state index is -3.79. The fraction of sp³-hybridized carbons (Fsp3) is 0.393. The molecule has 0 bridgehead atoms. The lowest BCUT2D eigenvalue weighted by molar-refractivity contribution is 0.102. The molecular formula is C28H35N5O5S2. The summed E-state index contributed by atoms with van der Waals surface area (Å²) in [6.45, 7) is 9.24. The maximum Gasteiger partial charge on any atom is 0.256 e. The van der Waals surface area contributed by atoms with Gasteiger partial charge in [0.05, 0.1) is 34.0 Å². The average molecular weight is 586 g/mol. The van der Waals surface area contributed by atoms with E-state index >= 15 is 0 Å². The summed E-state index contributed by atoms with van der Waals surface area (Å²) in [4.78, 5) is 18.0. The zero-order valence-electron chi connectivity index (χ0n) is 23.6. The van der Waals surface area contributed by atoms with Crippen LogP contribution in [0.4, 0.5) is 5.82 Å². The molecule has 214 valence electrons. The smallest absolute Gasteiger partial charge is 0.256 e. The number of anilines is 1. The van der Waals surface area contributed by atoms with E-state index in [4.69, 9.17) is 14.5 Å². The zero-order chi connectivity index (χ0) is 29.1. The van der Waals surface area contributed by atoms with Crippen molar-refractivity contribution in [2.24, 2.45) is 0 Å². The molecule has 0 saturated carbocycles. The van der Waals surface area contributed by atoms with Crippen LogP contribution >= 0.6 is 11.3 Å². The van der Waals surface area contributed by atoms with Crippen molar-refractivity contribution < 1.29 is 22.7 Å². The zero-order valence-corrected chi connectivity index (χ0v) is 25.2. The Bertz CT molecular complexity index is 1580. The summed E-state index contributed by atoms with van der Waals surface area (Å²) in [5.41, 5.74) is 3.12. The van der Waals surface area contributed by atoms with Crippen LogP contribution in [0, 0.1) is 6.92 Å². The second-order valence-electron chi connectivity index (χ2n) is 10.4. The second kappa shape index (κ2) is 12.1. The summed E-state index contributed by atoms with van der Waals surface area (Å²) < 4.78 is 40.4. The van der Waals surface area contributed by atoms with Crippen LogP contribution in [0.3, 0.4) is 0 Å². The van der Waals surface area contributed by atoms with Crippen LogP contribution < -0.4 is 5.32 Å². The molecule has 2 aromatic heterocycles. The van der Waals surface area contributed by atoms with Crippen molar-refractivity contribution in [3.05, 3.63) is 65.4 Å². The minimum absolute atomic E-state index is 0.0147. The van der Waals surface area contributed by atoms with E-state index in [0.717, 1.165) is 15.9 Å². The molecule has 1 N–H and O–H groups in total. The summed E-state index contributed by atoms with van der Waals surface area (Å²) in [6, 6.07) is 13.9. The highest BCUT2D eigenvalue weighted by atomic mass is 32.2. The van der Waals surface area contributed by atoms with Gasteiger partial charge in [0.15, 0.2) is 0 Å². The molecule has 12 heteroatoms. The number of benzene rings is 2. The number of methoxy groups -OCH3 is 2. The summed E-state index contributed by atoms with van der Waals surface area (Å²) >= 11 is 1.50. The van der Waals surface area contributed by atoms with Crippen molar-refractivity contribution in [2.45, 2.75) is 38.0 Å². The largest absolute Gasteiger partial charge is 0.383 e. The van der Waals surface area contributed by atoms with Gasteiger partial charge in [0, 0.05) is 38.9 Å². The Kier molecular flexibility index (Phi) is 9.06. The first-order valence-electron chi connectivity index (χ1n) is 12.8. The van der Waals surface area contributed by atoms with Crippen LogP contribution in [0.2, 0.25) is 0 Å². The minimum Gasteiger partial charge on any atom is -0.383 e. The van der Waals surface area contributed by atoms with E-state index in [9.17, 15) is 13.2 Å². The van der Waals surface area contributed by atoms with Gasteiger partial charge in [0.1, 0.15) is 5.82 Å². The number of nitrogens with one attached hydrogen (secondary N) is 1. The molecule has 4 rings (SSSR count). The number of sulfonamides is 1. The van der Waals surface area contributed by atoms with Gasteiger partial charge in [-0.25, -0.2) is 13.4 Å². The van der Waals surface area contributed by atoms with Gasteiger partial charge in [-0.3, -0.25) is 4.79 Å². The first-order chi connectivity index (χ1) is 18.9. The van der Waals surface area contributed by atoms with Gasteiger partial charge in [-0.15, -0.1) is 0 Å². The predicted molar refractivity (Wildman–Crippen MR) is 157 cm³/mol. The summed E-state index contributed by atoms with van der Waals surface area (Å²) in [6.07, 6.45) is 0. The molecular weight excluding hydrogens is 550 g/mol. The molecule has 1 amide bonds. The maximum absolute atomic E-state index is 13.2. The number of nitrogens with zero attached hydrogens (tertiary/aromatic N) is 4. The number of rotatable bonds is 11. The number of amides is 1. The fourth-order valence-corrected chi connectivity index (χ4v) is 6.44. The van der Waals surface area contributed by atoms with E-state index < -0.39 is 15.9 Å². The van der Waals surface area contributed by atoms with Gasteiger partial charge in [-0.05, 0) is 54.3 Å². The lowest BCUT2D eigenvalue weighted by Gasteiger charge is -2.21. The van der Waals surface area contributed by atoms with Crippen molar-refractivity contribution in [1.29, 1.82) is 0 Å². The molecule has 0 aliphatic rings. The third-order valence-electron chi connectivity index (χ3n) is 6.34. The number of thiazole rings is 1. The SMILES string of the molecule is COCCN(CCOC)S(=O)(=O)c1ccc(C(=O)Nc2cc(C)nn2-c2nc3ccc(C(C)(C)C)cc3s2)cc1. The molecule has 0 radical (unpaired) electrons. The van der Waals surface area contributed by atoms with Gasteiger partial charge in [-0.2, -0.15) is 14.1 Å². The van der Waals surface area contributed by atoms with Crippen molar-refractivity contribution in [1.82, 2.24) is 19.1 Å². The highest BCUT2D eigenvalue weighted by molar-refractivity contribution is 7.89. The molecule has 2 aromatic carbocycles. The third kappa shape index (κ3) is 6.58. The second-order valence-corrected chi connectivity index (χ2v) is 13.3. The Labute approximate surface area is 239 Å². The van der Waals surface area contributed by atoms with Crippen molar-refractivity contribution >= 4 is 43.3 Å². The molecule has 0 spiro atoms. The molecule has 0 aliphatic carbocycles. The monoisotopic (exact) mass is 585 g/mol. The molecule has 0 unspecified atom stereocenters.